The Morgan fingerprint density at radius 1 is 1.35 bits per heavy atom. The van der Waals surface area contributed by atoms with Gasteiger partial charge in [-0.3, -0.25) is 5.43 Å². The molecule has 0 aliphatic rings. The fourth-order valence-corrected chi connectivity index (χ4v) is 1.48. The van der Waals surface area contributed by atoms with Crippen LogP contribution in [-0.4, -0.2) is 27.2 Å². The zero-order valence-corrected chi connectivity index (χ0v) is 10.6. The molecule has 0 amide bonds. The van der Waals surface area contributed by atoms with E-state index in [1.165, 1.54) is 0 Å². The summed E-state index contributed by atoms with van der Waals surface area (Å²) in [6.45, 7) is 6.24. The van der Waals surface area contributed by atoms with Crippen LogP contribution in [0.15, 0.2) is 6.07 Å². The smallest absolute Gasteiger partial charge is 0.239 e. The van der Waals surface area contributed by atoms with Gasteiger partial charge in [0.05, 0.1) is 5.60 Å². The third-order valence-corrected chi connectivity index (χ3v) is 2.90. The third-order valence-electron chi connectivity index (χ3n) is 2.90. The molecule has 0 bridgehead atoms. The van der Waals surface area contributed by atoms with E-state index < -0.39 is 5.60 Å². The molecule has 0 saturated carbocycles. The van der Waals surface area contributed by atoms with Crippen molar-refractivity contribution in [3.8, 4) is 0 Å². The van der Waals surface area contributed by atoms with Crippen LogP contribution in [0.1, 0.15) is 32.4 Å². The van der Waals surface area contributed by atoms with E-state index >= 15 is 0 Å². The average molecular weight is 239 g/mol. The number of hydrogen-bond acceptors (Lipinski definition) is 6. The van der Waals surface area contributed by atoms with Gasteiger partial charge in [0.15, 0.2) is 0 Å². The van der Waals surface area contributed by atoms with E-state index in [4.69, 9.17) is 5.84 Å². The van der Waals surface area contributed by atoms with E-state index in [-0.39, 0.29) is 0 Å². The maximum atomic E-state index is 10.1. The van der Waals surface area contributed by atoms with Gasteiger partial charge in [0.25, 0.3) is 0 Å². The second-order valence-electron chi connectivity index (χ2n) is 4.15. The molecule has 0 aromatic carbocycles. The molecule has 0 aliphatic heterocycles. The normalized spacial score (nSPS) is 11.4. The number of aliphatic hydroxyl groups is 1. The largest absolute Gasteiger partial charge is 0.388 e. The molecule has 17 heavy (non-hydrogen) atoms. The summed E-state index contributed by atoms with van der Waals surface area (Å²) < 4.78 is 0. The number of aryl methyl sites for hydroxylation is 1. The Morgan fingerprint density at radius 3 is 2.53 bits per heavy atom. The molecule has 0 spiro atoms. The van der Waals surface area contributed by atoms with Crippen molar-refractivity contribution in [3.63, 3.8) is 0 Å². The molecule has 1 rings (SSSR count). The Bertz CT molecular complexity index is 365. The summed E-state index contributed by atoms with van der Waals surface area (Å²) in [5, 5.41) is 13.2. The van der Waals surface area contributed by atoms with Crippen molar-refractivity contribution < 1.29 is 5.11 Å². The molecular weight excluding hydrogens is 218 g/mol. The number of nitrogen functional groups attached to an aromatic ring is 1. The highest BCUT2D eigenvalue weighted by atomic mass is 16.3. The predicted molar refractivity (Wildman–Crippen MR) is 68.6 cm³/mol. The molecule has 5 N–H and O–H groups in total. The third kappa shape index (κ3) is 3.83. The van der Waals surface area contributed by atoms with Gasteiger partial charge in [-0.15, -0.1) is 0 Å². The minimum atomic E-state index is -0.699. The first kappa shape index (κ1) is 13.7. The summed E-state index contributed by atoms with van der Waals surface area (Å²) in [5.41, 5.74) is 2.52. The summed E-state index contributed by atoms with van der Waals surface area (Å²) in [7, 11) is 0. The van der Waals surface area contributed by atoms with Gasteiger partial charge in [0.1, 0.15) is 5.82 Å². The molecular formula is C11H21N5O. The van der Waals surface area contributed by atoms with Crippen molar-refractivity contribution in [1.82, 2.24) is 9.97 Å². The summed E-state index contributed by atoms with van der Waals surface area (Å²) >= 11 is 0. The SMILES string of the molecule is CCC(O)(CC)CNc1cc(C)nc(NN)n1. The molecule has 1 aromatic rings. The first-order valence-electron chi connectivity index (χ1n) is 5.81. The summed E-state index contributed by atoms with van der Waals surface area (Å²) in [5.74, 6) is 6.29. The lowest BCUT2D eigenvalue weighted by Gasteiger charge is -2.25. The molecule has 0 fully saturated rings. The number of hydrogen-bond donors (Lipinski definition) is 4. The molecule has 0 unspecified atom stereocenters. The Balaban J connectivity index is 2.72. The quantitative estimate of drug-likeness (QED) is 0.437. The van der Waals surface area contributed by atoms with Crippen LogP contribution in [0.3, 0.4) is 0 Å². The maximum absolute atomic E-state index is 10.1. The number of anilines is 2. The molecule has 0 saturated heterocycles. The van der Waals surface area contributed by atoms with Gasteiger partial charge in [0, 0.05) is 18.3 Å². The number of nitrogens with one attached hydrogen (secondary N) is 2. The Hall–Kier alpha value is -1.40. The predicted octanol–water partition coefficient (Wildman–Crippen LogP) is 1.03. The second kappa shape index (κ2) is 5.79. The zero-order valence-electron chi connectivity index (χ0n) is 10.6. The topological polar surface area (TPSA) is 96.1 Å². The fraction of sp³-hybridized carbons (Fsp3) is 0.636. The van der Waals surface area contributed by atoms with Crippen LogP contribution in [0, 0.1) is 6.92 Å². The van der Waals surface area contributed by atoms with E-state index in [1.54, 1.807) is 0 Å². The molecule has 6 heteroatoms. The average Bonchev–Trinajstić information content (AvgIpc) is 2.35. The summed E-state index contributed by atoms with van der Waals surface area (Å²) in [4.78, 5) is 8.24. The number of rotatable bonds is 6. The van der Waals surface area contributed by atoms with Crippen LogP contribution in [0.5, 0.6) is 0 Å². The van der Waals surface area contributed by atoms with E-state index in [2.05, 4.69) is 20.7 Å². The molecule has 0 atom stereocenters. The van der Waals surface area contributed by atoms with E-state index in [1.807, 2.05) is 26.8 Å². The van der Waals surface area contributed by atoms with Crippen LogP contribution < -0.4 is 16.6 Å². The van der Waals surface area contributed by atoms with Crippen LogP contribution in [0.2, 0.25) is 0 Å². The highest BCUT2D eigenvalue weighted by molar-refractivity contribution is 5.41. The van der Waals surface area contributed by atoms with Crippen LogP contribution >= 0.6 is 0 Å². The van der Waals surface area contributed by atoms with Crippen molar-refractivity contribution in [1.29, 1.82) is 0 Å². The summed E-state index contributed by atoms with van der Waals surface area (Å²) in [6, 6.07) is 1.81. The monoisotopic (exact) mass is 239 g/mol. The minimum absolute atomic E-state index is 0.365. The van der Waals surface area contributed by atoms with Gasteiger partial charge in [0.2, 0.25) is 5.95 Å². The van der Waals surface area contributed by atoms with Crippen molar-refractivity contribution >= 4 is 11.8 Å². The van der Waals surface area contributed by atoms with Crippen molar-refractivity contribution in [2.45, 2.75) is 39.2 Å². The summed E-state index contributed by atoms with van der Waals surface area (Å²) in [6.07, 6.45) is 1.39. The Labute approximate surface area is 102 Å². The molecule has 1 heterocycles. The number of hydrazine groups is 1. The van der Waals surface area contributed by atoms with E-state index in [9.17, 15) is 5.11 Å². The van der Waals surface area contributed by atoms with Gasteiger partial charge < -0.3 is 10.4 Å². The molecule has 1 aromatic heterocycles. The van der Waals surface area contributed by atoms with E-state index in [0.29, 0.717) is 31.2 Å². The lowest BCUT2D eigenvalue weighted by molar-refractivity contribution is 0.0456. The van der Waals surface area contributed by atoms with Gasteiger partial charge in [-0.25, -0.2) is 10.8 Å². The van der Waals surface area contributed by atoms with Crippen LogP contribution in [0.25, 0.3) is 0 Å². The van der Waals surface area contributed by atoms with Crippen molar-refractivity contribution in [2.24, 2.45) is 5.84 Å². The Kier molecular flexibility index (Phi) is 4.65. The number of nitrogens with zero attached hydrogens (tertiary/aromatic N) is 2. The maximum Gasteiger partial charge on any atom is 0.239 e. The van der Waals surface area contributed by atoms with E-state index in [0.717, 1.165) is 5.69 Å². The lowest BCUT2D eigenvalue weighted by atomic mass is 9.98. The second-order valence-corrected chi connectivity index (χ2v) is 4.15. The van der Waals surface area contributed by atoms with Gasteiger partial charge >= 0.3 is 0 Å². The van der Waals surface area contributed by atoms with Gasteiger partial charge in [-0.2, -0.15) is 4.98 Å². The lowest BCUT2D eigenvalue weighted by Crippen LogP contribution is -2.35. The van der Waals surface area contributed by atoms with Crippen LogP contribution in [-0.2, 0) is 0 Å². The zero-order chi connectivity index (χ0) is 12.9. The van der Waals surface area contributed by atoms with Crippen molar-refractivity contribution in [3.05, 3.63) is 11.8 Å². The molecule has 96 valence electrons. The first-order chi connectivity index (χ1) is 8.03. The number of aromatic nitrogens is 2. The van der Waals surface area contributed by atoms with Gasteiger partial charge in [-0.05, 0) is 19.8 Å². The fourth-order valence-electron chi connectivity index (χ4n) is 1.48. The molecule has 0 radical (unpaired) electrons. The standard InChI is InChI=1S/C11H21N5O/c1-4-11(17,5-2)7-13-9-6-8(3)14-10(15-9)16-12/h6,17H,4-5,7,12H2,1-3H3,(H2,13,14,15,16). The first-order valence-corrected chi connectivity index (χ1v) is 5.81. The number of nitrogens with two attached hydrogens (primary N) is 1. The molecule has 0 aliphatic carbocycles. The highest BCUT2D eigenvalue weighted by Gasteiger charge is 2.21. The van der Waals surface area contributed by atoms with Gasteiger partial charge in [-0.1, -0.05) is 13.8 Å². The highest BCUT2D eigenvalue weighted by Crippen LogP contribution is 2.16. The van der Waals surface area contributed by atoms with Crippen molar-refractivity contribution in [2.75, 3.05) is 17.3 Å². The minimum Gasteiger partial charge on any atom is -0.388 e. The van der Waals surface area contributed by atoms with Crippen LogP contribution in [0.4, 0.5) is 11.8 Å². The Morgan fingerprint density at radius 2 is 2.00 bits per heavy atom. The molecule has 6 nitrogen and oxygen atoms in total.